The van der Waals surface area contributed by atoms with Crippen molar-refractivity contribution >= 4 is 23.5 Å². The van der Waals surface area contributed by atoms with Gasteiger partial charge in [0.1, 0.15) is 12.4 Å². The first-order valence-electron chi connectivity index (χ1n) is 10.5. The molecule has 1 aromatic carbocycles. The standard InChI is InChI=1S/C23H29ClN4O4/c1-4-19(27-23(29)32-16-17-10-8-7-9-11-17)15-25-21-18(14-26-22(24)28-21)12-13-20(30-5-2)31-6-3/h7-11,14,19-20H,4-6,15-16H2,1-3H3,(H,27,29)(H,25,26,28). The van der Waals surface area contributed by atoms with Gasteiger partial charge in [-0.1, -0.05) is 43.2 Å². The van der Waals surface area contributed by atoms with Crippen molar-refractivity contribution in [2.45, 2.75) is 46.1 Å². The monoisotopic (exact) mass is 460 g/mol. The van der Waals surface area contributed by atoms with E-state index in [1.165, 1.54) is 6.20 Å². The number of benzene rings is 1. The van der Waals surface area contributed by atoms with E-state index in [1.54, 1.807) is 0 Å². The van der Waals surface area contributed by atoms with E-state index in [4.69, 9.17) is 25.8 Å². The molecule has 32 heavy (non-hydrogen) atoms. The van der Waals surface area contributed by atoms with Crippen molar-refractivity contribution in [2.24, 2.45) is 0 Å². The van der Waals surface area contributed by atoms with E-state index < -0.39 is 12.4 Å². The van der Waals surface area contributed by atoms with Crippen molar-refractivity contribution in [1.29, 1.82) is 0 Å². The molecule has 1 atom stereocenters. The van der Waals surface area contributed by atoms with Crippen LogP contribution in [0.15, 0.2) is 36.5 Å². The zero-order valence-electron chi connectivity index (χ0n) is 18.6. The summed E-state index contributed by atoms with van der Waals surface area (Å²) >= 11 is 5.96. The minimum absolute atomic E-state index is 0.0903. The number of hydrogen-bond donors (Lipinski definition) is 2. The van der Waals surface area contributed by atoms with Crippen LogP contribution < -0.4 is 10.6 Å². The lowest BCUT2D eigenvalue weighted by molar-refractivity contribution is -0.0969. The Bertz CT molecular complexity index is 896. The lowest BCUT2D eigenvalue weighted by Crippen LogP contribution is -2.39. The summed E-state index contributed by atoms with van der Waals surface area (Å²) in [6.45, 7) is 7.27. The van der Waals surface area contributed by atoms with Crippen molar-refractivity contribution in [2.75, 3.05) is 25.1 Å². The highest BCUT2D eigenvalue weighted by Gasteiger charge is 2.13. The van der Waals surface area contributed by atoms with E-state index >= 15 is 0 Å². The molecule has 0 aliphatic rings. The van der Waals surface area contributed by atoms with Crippen LogP contribution in [0.3, 0.4) is 0 Å². The zero-order chi connectivity index (χ0) is 23.2. The number of anilines is 1. The van der Waals surface area contributed by atoms with Gasteiger partial charge < -0.3 is 24.8 Å². The molecule has 9 heteroatoms. The van der Waals surface area contributed by atoms with E-state index in [2.05, 4.69) is 32.4 Å². The third-order valence-corrected chi connectivity index (χ3v) is 4.45. The van der Waals surface area contributed by atoms with E-state index in [-0.39, 0.29) is 17.9 Å². The third kappa shape index (κ3) is 9.10. The van der Waals surface area contributed by atoms with Crippen LogP contribution in [0.1, 0.15) is 38.3 Å². The smallest absolute Gasteiger partial charge is 0.407 e. The summed E-state index contributed by atoms with van der Waals surface area (Å²) in [5.41, 5.74) is 1.46. The molecular weight excluding hydrogens is 432 g/mol. The molecule has 0 fully saturated rings. The molecule has 172 valence electrons. The first kappa shape index (κ1) is 25.4. The molecule has 0 bridgehead atoms. The molecule has 1 aromatic heterocycles. The summed E-state index contributed by atoms with van der Waals surface area (Å²) in [5.74, 6) is 6.35. The predicted octanol–water partition coefficient (Wildman–Crippen LogP) is 4.00. The molecular formula is C23H29ClN4O4. The SMILES string of the molecule is CCOC(C#Cc1cnc(Cl)nc1NCC(CC)NC(=O)OCc1ccccc1)OCC. The second-order valence-electron chi connectivity index (χ2n) is 6.61. The number of halogens is 1. The molecule has 2 aromatic rings. The van der Waals surface area contributed by atoms with E-state index in [9.17, 15) is 4.79 Å². The number of ether oxygens (including phenoxy) is 3. The van der Waals surface area contributed by atoms with Crippen molar-refractivity contribution < 1.29 is 19.0 Å². The normalized spacial score (nSPS) is 11.4. The summed E-state index contributed by atoms with van der Waals surface area (Å²) in [5, 5.41) is 6.12. The molecule has 0 spiro atoms. The van der Waals surface area contributed by atoms with Gasteiger partial charge in [0.2, 0.25) is 11.6 Å². The molecule has 1 unspecified atom stereocenters. The predicted molar refractivity (Wildman–Crippen MR) is 123 cm³/mol. The minimum atomic E-state index is -0.641. The second-order valence-corrected chi connectivity index (χ2v) is 6.94. The first-order valence-corrected chi connectivity index (χ1v) is 10.9. The van der Waals surface area contributed by atoms with Crippen molar-refractivity contribution in [1.82, 2.24) is 15.3 Å². The zero-order valence-corrected chi connectivity index (χ0v) is 19.3. The van der Waals surface area contributed by atoms with E-state index in [0.29, 0.717) is 37.6 Å². The molecule has 2 rings (SSSR count). The number of carbonyl (C=O) groups excluding carboxylic acids is 1. The summed E-state index contributed by atoms with van der Waals surface area (Å²) < 4.78 is 16.2. The second kappa shape index (κ2) is 14.2. The fourth-order valence-corrected chi connectivity index (χ4v) is 2.74. The Kier molecular flexibility index (Phi) is 11.3. The van der Waals surface area contributed by atoms with Gasteiger partial charge in [0.05, 0.1) is 5.56 Å². The number of nitrogens with zero attached hydrogens (tertiary/aromatic N) is 2. The van der Waals surface area contributed by atoms with E-state index in [1.807, 2.05) is 51.1 Å². The van der Waals surface area contributed by atoms with Crippen LogP contribution in [0.25, 0.3) is 0 Å². The number of hydrogen-bond acceptors (Lipinski definition) is 7. The number of alkyl carbamates (subject to hydrolysis) is 1. The largest absolute Gasteiger partial charge is 0.445 e. The van der Waals surface area contributed by atoms with Gasteiger partial charge in [0, 0.05) is 32.0 Å². The first-order chi connectivity index (χ1) is 15.5. The number of aromatic nitrogens is 2. The highest BCUT2D eigenvalue weighted by Crippen LogP contribution is 2.14. The maximum atomic E-state index is 12.2. The molecule has 2 N–H and O–H groups in total. The Morgan fingerprint density at radius 2 is 1.88 bits per heavy atom. The number of rotatable bonds is 11. The summed E-state index contributed by atoms with van der Waals surface area (Å²) in [7, 11) is 0. The lowest BCUT2D eigenvalue weighted by atomic mass is 10.2. The van der Waals surface area contributed by atoms with Gasteiger partial charge in [0.25, 0.3) is 0 Å². The van der Waals surface area contributed by atoms with Gasteiger partial charge in [-0.3, -0.25) is 0 Å². The maximum Gasteiger partial charge on any atom is 0.407 e. The number of nitrogens with one attached hydrogen (secondary N) is 2. The van der Waals surface area contributed by atoms with Crippen LogP contribution in [0, 0.1) is 11.8 Å². The quantitative estimate of drug-likeness (QED) is 0.297. The molecule has 0 saturated heterocycles. The average molecular weight is 461 g/mol. The van der Waals surface area contributed by atoms with Crippen LogP contribution in [-0.2, 0) is 20.8 Å². The van der Waals surface area contributed by atoms with Crippen molar-refractivity contribution in [3.05, 3.63) is 52.9 Å². The average Bonchev–Trinajstić information content (AvgIpc) is 2.80. The maximum absolute atomic E-state index is 12.2. The van der Waals surface area contributed by atoms with Gasteiger partial charge in [-0.25, -0.2) is 9.78 Å². The van der Waals surface area contributed by atoms with Crippen LogP contribution in [0.5, 0.6) is 0 Å². The molecule has 8 nitrogen and oxygen atoms in total. The van der Waals surface area contributed by atoms with Gasteiger partial charge in [0.15, 0.2) is 0 Å². The van der Waals surface area contributed by atoms with Crippen LogP contribution in [-0.4, -0.2) is 48.2 Å². The van der Waals surface area contributed by atoms with Gasteiger partial charge in [-0.05, 0) is 43.4 Å². The number of amides is 1. The fourth-order valence-electron chi connectivity index (χ4n) is 2.61. The summed E-state index contributed by atoms with van der Waals surface area (Å²) in [4.78, 5) is 20.4. The van der Waals surface area contributed by atoms with Gasteiger partial charge >= 0.3 is 6.09 Å². The Hall–Kier alpha value is -2.86. The summed E-state index contributed by atoms with van der Waals surface area (Å²) in [6.07, 6.45) is 1.09. The third-order valence-electron chi connectivity index (χ3n) is 4.26. The molecule has 1 heterocycles. The topological polar surface area (TPSA) is 94.6 Å². The molecule has 0 aliphatic carbocycles. The highest BCUT2D eigenvalue weighted by atomic mass is 35.5. The Morgan fingerprint density at radius 1 is 1.16 bits per heavy atom. The number of carbonyl (C=O) groups is 1. The van der Waals surface area contributed by atoms with Crippen LogP contribution >= 0.6 is 11.6 Å². The van der Waals surface area contributed by atoms with Gasteiger partial charge in [-0.2, -0.15) is 4.98 Å². The van der Waals surface area contributed by atoms with Crippen molar-refractivity contribution in [3.63, 3.8) is 0 Å². The van der Waals surface area contributed by atoms with Crippen molar-refractivity contribution in [3.8, 4) is 11.8 Å². The summed E-state index contributed by atoms with van der Waals surface area (Å²) in [6, 6.07) is 9.31. The Balaban J connectivity index is 1.97. The molecule has 0 radical (unpaired) electrons. The van der Waals surface area contributed by atoms with Crippen LogP contribution in [0.4, 0.5) is 10.6 Å². The molecule has 0 saturated carbocycles. The lowest BCUT2D eigenvalue weighted by Gasteiger charge is -2.18. The van der Waals surface area contributed by atoms with E-state index in [0.717, 1.165) is 5.56 Å². The Labute approximate surface area is 194 Å². The highest BCUT2D eigenvalue weighted by molar-refractivity contribution is 6.28. The fraction of sp³-hybridized carbons (Fsp3) is 0.435. The molecule has 0 aliphatic heterocycles. The van der Waals surface area contributed by atoms with Crippen LogP contribution in [0.2, 0.25) is 5.28 Å². The Morgan fingerprint density at radius 3 is 2.53 bits per heavy atom. The minimum Gasteiger partial charge on any atom is -0.445 e. The molecule has 1 amide bonds. The van der Waals surface area contributed by atoms with Gasteiger partial charge in [-0.15, -0.1) is 0 Å².